The number of benzene rings is 1. The second-order valence-corrected chi connectivity index (χ2v) is 7.28. The first-order chi connectivity index (χ1) is 13.7. The van der Waals surface area contributed by atoms with Crippen LogP contribution in [0.25, 0.3) is 0 Å². The monoisotopic (exact) mass is 377 g/mol. The Morgan fingerprint density at radius 3 is 2.61 bits per heavy atom. The molecule has 6 nitrogen and oxygen atoms in total. The number of piperazine rings is 1. The minimum absolute atomic E-state index is 0.721. The zero-order chi connectivity index (χ0) is 19.3. The molecule has 0 radical (unpaired) electrons. The highest BCUT2D eigenvalue weighted by Crippen LogP contribution is 2.23. The molecule has 6 heteroatoms. The first kappa shape index (κ1) is 18.5. The van der Waals surface area contributed by atoms with Crippen LogP contribution in [0.15, 0.2) is 55.1 Å². The predicted molar refractivity (Wildman–Crippen MR) is 111 cm³/mol. The van der Waals surface area contributed by atoms with Gasteiger partial charge < -0.3 is 9.64 Å². The van der Waals surface area contributed by atoms with Crippen molar-refractivity contribution in [1.29, 1.82) is 0 Å². The first-order valence-corrected chi connectivity index (χ1v) is 9.74. The quantitative estimate of drug-likeness (QED) is 0.661. The Morgan fingerprint density at radius 2 is 1.89 bits per heavy atom. The Morgan fingerprint density at radius 1 is 1.04 bits per heavy atom. The number of anilines is 1. The fourth-order valence-electron chi connectivity index (χ4n) is 3.85. The van der Waals surface area contributed by atoms with Crippen molar-refractivity contribution in [2.75, 3.05) is 38.2 Å². The van der Waals surface area contributed by atoms with E-state index in [0.29, 0.717) is 0 Å². The summed E-state index contributed by atoms with van der Waals surface area (Å²) < 4.78 is 7.47. The maximum atomic E-state index is 5.55. The van der Waals surface area contributed by atoms with Gasteiger partial charge in [0, 0.05) is 68.8 Å². The average Bonchev–Trinajstić information content (AvgIpc) is 3.23. The third kappa shape index (κ3) is 4.17. The largest absolute Gasteiger partial charge is 0.496 e. The van der Waals surface area contributed by atoms with Crippen LogP contribution in [0.2, 0.25) is 0 Å². The van der Waals surface area contributed by atoms with E-state index in [1.807, 2.05) is 29.3 Å². The lowest BCUT2D eigenvalue weighted by atomic mass is 10.1. The van der Waals surface area contributed by atoms with Gasteiger partial charge in [-0.15, -0.1) is 0 Å². The van der Waals surface area contributed by atoms with Crippen LogP contribution in [-0.4, -0.2) is 53.0 Å². The van der Waals surface area contributed by atoms with Gasteiger partial charge >= 0.3 is 0 Å². The van der Waals surface area contributed by atoms with E-state index in [1.54, 1.807) is 13.3 Å². The molecule has 1 aromatic carbocycles. The minimum atomic E-state index is 0.721. The average molecular weight is 377 g/mol. The van der Waals surface area contributed by atoms with E-state index in [9.17, 15) is 0 Å². The standard InChI is InChI=1S/C22H27N5O/c1-18-15-23-8-6-21(18)26-12-10-25(11-13-26)16-19-4-5-22(28-2)20(14-19)17-27-9-3-7-24-27/h3-9,14-15H,10-13,16-17H2,1-2H3. The van der Waals surface area contributed by atoms with E-state index in [-0.39, 0.29) is 0 Å². The molecule has 0 aliphatic carbocycles. The predicted octanol–water partition coefficient (Wildman–Crippen LogP) is 2.97. The molecule has 0 N–H and O–H groups in total. The number of methoxy groups -OCH3 is 1. The second-order valence-electron chi connectivity index (χ2n) is 7.28. The molecule has 1 aliphatic rings. The maximum absolute atomic E-state index is 5.55. The Kier molecular flexibility index (Phi) is 5.58. The number of pyridine rings is 1. The van der Waals surface area contributed by atoms with Crippen molar-refractivity contribution in [3.8, 4) is 5.75 Å². The third-order valence-electron chi connectivity index (χ3n) is 5.35. The van der Waals surface area contributed by atoms with Crippen LogP contribution in [-0.2, 0) is 13.1 Å². The highest BCUT2D eigenvalue weighted by atomic mass is 16.5. The van der Waals surface area contributed by atoms with E-state index in [1.165, 1.54) is 16.8 Å². The summed E-state index contributed by atoms with van der Waals surface area (Å²) in [5, 5.41) is 4.32. The summed E-state index contributed by atoms with van der Waals surface area (Å²) in [6, 6.07) is 10.6. The topological polar surface area (TPSA) is 46.4 Å². The lowest BCUT2D eigenvalue weighted by Crippen LogP contribution is -2.46. The van der Waals surface area contributed by atoms with Gasteiger partial charge in [-0.25, -0.2) is 0 Å². The summed E-state index contributed by atoms with van der Waals surface area (Å²) >= 11 is 0. The number of nitrogens with zero attached hydrogens (tertiary/aromatic N) is 5. The van der Waals surface area contributed by atoms with Crippen LogP contribution in [0.5, 0.6) is 5.75 Å². The number of hydrogen-bond acceptors (Lipinski definition) is 5. The molecule has 4 rings (SSSR count). The van der Waals surface area contributed by atoms with E-state index >= 15 is 0 Å². The second kappa shape index (κ2) is 8.44. The molecule has 0 unspecified atom stereocenters. The summed E-state index contributed by atoms with van der Waals surface area (Å²) in [5.74, 6) is 0.914. The zero-order valence-electron chi connectivity index (χ0n) is 16.6. The summed E-state index contributed by atoms with van der Waals surface area (Å²) in [6.45, 7) is 8.01. The van der Waals surface area contributed by atoms with Crippen LogP contribution in [0.3, 0.4) is 0 Å². The van der Waals surface area contributed by atoms with Crippen molar-refractivity contribution in [3.05, 3.63) is 71.8 Å². The van der Waals surface area contributed by atoms with E-state index < -0.39 is 0 Å². The van der Waals surface area contributed by atoms with E-state index in [4.69, 9.17) is 4.74 Å². The van der Waals surface area contributed by atoms with Gasteiger partial charge in [-0.3, -0.25) is 14.6 Å². The van der Waals surface area contributed by atoms with Crippen molar-refractivity contribution in [1.82, 2.24) is 19.7 Å². The Bertz CT molecular complexity index is 901. The molecule has 146 valence electrons. The first-order valence-electron chi connectivity index (χ1n) is 9.74. The molecule has 1 fully saturated rings. The lowest BCUT2D eigenvalue weighted by molar-refractivity contribution is 0.249. The molecule has 0 spiro atoms. The van der Waals surface area contributed by atoms with E-state index in [0.717, 1.165) is 50.6 Å². The van der Waals surface area contributed by atoms with Gasteiger partial charge in [-0.1, -0.05) is 6.07 Å². The van der Waals surface area contributed by atoms with Crippen LogP contribution in [0, 0.1) is 6.92 Å². The van der Waals surface area contributed by atoms with Crippen molar-refractivity contribution >= 4 is 5.69 Å². The van der Waals surface area contributed by atoms with Crippen LogP contribution in [0.1, 0.15) is 16.7 Å². The Hall–Kier alpha value is -2.86. The number of aromatic nitrogens is 3. The molecular weight excluding hydrogens is 350 g/mol. The number of hydrogen-bond donors (Lipinski definition) is 0. The molecule has 28 heavy (non-hydrogen) atoms. The van der Waals surface area contributed by atoms with Crippen molar-refractivity contribution in [2.45, 2.75) is 20.0 Å². The number of ether oxygens (including phenoxy) is 1. The molecule has 0 amide bonds. The Balaban J connectivity index is 1.40. The van der Waals surface area contributed by atoms with Gasteiger partial charge in [0.1, 0.15) is 5.75 Å². The van der Waals surface area contributed by atoms with Gasteiger partial charge in [0.05, 0.1) is 13.7 Å². The molecule has 0 saturated carbocycles. The number of rotatable bonds is 6. The van der Waals surface area contributed by atoms with Gasteiger partial charge in [0.15, 0.2) is 0 Å². The summed E-state index contributed by atoms with van der Waals surface area (Å²) in [4.78, 5) is 9.19. The normalized spacial score (nSPS) is 15.0. The third-order valence-corrected chi connectivity index (χ3v) is 5.35. The number of aryl methyl sites for hydroxylation is 1. The van der Waals surface area contributed by atoms with Crippen LogP contribution in [0.4, 0.5) is 5.69 Å². The fraction of sp³-hybridized carbons (Fsp3) is 0.364. The van der Waals surface area contributed by atoms with Crippen molar-refractivity contribution in [3.63, 3.8) is 0 Å². The van der Waals surface area contributed by atoms with Crippen molar-refractivity contribution < 1.29 is 4.74 Å². The van der Waals surface area contributed by atoms with Gasteiger partial charge in [-0.05, 0) is 42.3 Å². The smallest absolute Gasteiger partial charge is 0.123 e. The fourth-order valence-corrected chi connectivity index (χ4v) is 3.85. The molecule has 3 aromatic rings. The summed E-state index contributed by atoms with van der Waals surface area (Å²) in [6.07, 6.45) is 7.61. The molecule has 0 atom stereocenters. The summed E-state index contributed by atoms with van der Waals surface area (Å²) in [5.41, 5.74) is 5.03. The highest BCUT2D eigenvalue weighted by Gasteiger charge is 2.19. The molecular formula is C22H27N5O. The highest BCUT2D eigenvalue weighted by molar-refractivity contribution is 5.51. The molecule has 0 bridgehead atoms. The minimum Gasteiger partial charge on any atom is -0.496 e. The molecule has 3 heterocycles. The molecule has 2 aromatic heterocycles. The van der Waals surface area contributed by atoms with Crippen molar-refractivity contribution in [2.24, 2.45) is 0 Å². The van der Waals surface area contributed by atoms with E-state index in [2.05, 4.69) is 51.1 Å². The van der Waals surface area contributed by atoms with Gasteiger partial charge in [0.25, 0.3) is 0 Å². The van der Waals surface area contributed by atoms with Crippen LogP contribution >= 0.6 is 0 Å². The maximum Gasteiger partial charge on any atom is 0.123 e. The summed E-state index contributed by atoms with van der Waals surface area (Å²) in [7, 11) is 1.72. The Labute approximate surface area is 166 Å². The van der Waals surface area contributed by atoms with Gasteiger partial charge in [0.2, 0.25) is 0 Å². The van der Waals surface area contributed by atoms with Gasteiger partial charge in [-0.2, -0.15) is 5.10 Å². The lowest BCUT2D eigenvalue weighted by Gasteiger charge is -2.36. The molecule has 1 saturated heterocycles. The van der Waals surface area contributed by atoms with Crippen LogP contribution < -0.4 is 9.64 Å². The zero-order valence-corrected chi connectivity index (χ0v) is 16.6. The SMILES string of the molecule is COc1ccc(CN2CCN(c3ccncc3C)CC2)cc1Cn1cccn1. The molecule has 1 aliphatic heterocycles.